The van der Waals surface area contributed by atoms with Crippen molar-refractivity contribution in [3.63, 3.8) is 0 Å². The minimum atomic E-state index is 0.564. The molecule has 1 aliphatic rings. The van der Waals surface area contributed by atoms with Gasteiger partial charge < -0.3 is 5.32 Å². The number of aliphatic imine (C=N–C) groups is 1. The molecule has 16 heavy (non-hydrogen) atoms. The lowest BCUT2D eigenvalue weighted by Gasteiger charge is -2.16. The molecular weight excluding hydrogens is 216 g/mol. The lowest BCUT2D eigenvalue weighted by atomic mass is 10.0. The lowest BCUT2D eigenvalue weighted by Crippen LogP contribution is -2.30. The fraction of sp³-hybridized carbons (Fsp3) is 0.923. The monoisotopic (exact) mass is 242 g/mol. The Morgan fingerprint density at radius 3 is 2.75 bits per heavy atom. The van der Waals surface area contributed by atoms with Crippen LogP contribution < -0.4 is 5.32 Å². The zero-order valence-electron chi connectivity index (χ0n) is 11.1. The van der Waals surface area contributed by atoms with Gasteiger partial charge in [-0.05, 0) is 32.1 Å². The second-order valence-corrected chi connectivity index (χ2v) is 6.48. The van der Waals surface area contributed by atoms with Crippen molar-refractivity contribution in [2.24, 2.45) is 10.9 Å². The van der Waals surface area contributed by atoms with Gasteiger partial charge in [0.2, 0.25) is 0 Å². The topological polar surface area (TPSA) is 24.4 Å². The van der Waals surface area contributed by atoms with E-state index in [1.165, 1.54) is 30.9 Å². The SMILES string of the molecule is CCCC1CN=C(NC(C)CCC(C)C)S1. The third kappa shape index (κ3) is 5.24. The summed E-state index contributed by atoms with van der Waals surface area (Å²) in [5.74, 6) is 0.801. The maximum Gasteiger partial charge on any atom is 0.157 e. The maximum atomic E-state index is 4.57. The third-order valence-corrected chi connectivity index (χ3v) is 4.06. The van der Waals surface area contributed by atoms with Gasteiger partial charge in [0, 0.05) is 11.3 Å². The molecule has 0 aromatic rings. The second-order valence-electron chi connectivity index (χ2n) is 5.19. The first-order chi connectivity index (χ1) is 7.61. The molecule has 0 bridgehead atoms. The van der Waals surface area contributed by atoms with Crippen molar-refractivity contribution in [3.05, 3.63) is 0 Å². The first-order valence-electron chi connectivity index (χ1n) is 6.59. The van der Waals surface area contributed by atoms with Crippen LogP contribution in [0.5, 0.6) is 0 Å². The summed E-state index contributed by atoms with van der Waals surface area (Å²) in [7, 11) is 0. The van der Waals surface area contributed by atoms with Crippen molar-refractivity contribution in [1.29, 1.82) is 0 Å². The van der Waals surface area contributed by atoms with Gasteiger partial charge in [0.05, 0.1) is 6.54 Å². The van der Waals surface area contributed by atoms with E-state index in [0.29, 0.717) is 6.04 Å². The summed E-state index contributed by atoms with van der Waals surface area (Å²) >= 11 is 1.94. The van der Waals surface area contributed by atoms with E-state index in [1.54, 1.807) is 0 Å². The van der Waals surface area contributed by atoms with Crippen LogP contribution in [0.1, 0.15) is 53.4 Å². The number of rotatable bonds is 6. The molecule has 1 heterocycles. The molecule has 0 saturated heterocycles. The Morgan fingerprint density at radius 2 is 2.12 bits per heavy atom. The van der Waals surface area contributed by atoms with Crippen LogP contribution in [0.25, 0.3) is 0 Å². The van der Waals surface area contributed by atoms with E-state index in [1.807, 2.05) is 11.8 Å². The van der Waals surface area contributed by atoms with Crippen molar-refractivity contribution >= 4 is 16.9 Å². The number of amidine groups is 1. The van der Waals surface area contributed by atoms with Crippen LogP contribution in [0, 0.1) is 5.92 Å². The Labute approximate surface area is 105 Å². The van der Waals surface area contributed by atoms with Gasteiger partial charge >= 0.3 is 0 Å². The van der Waals surface area contributed by atoms with Crippen molar-refractivity contribution in [3.8, 4) is 0 Å². The molecule has 0 fully saturated rings. The van der Waals surface area contributed by atoms with E-state index in [-0.39, 0.29) is 0 Å². The summed E-state index contributed by atoms with van der Waals surface area (Å²) < 4.78 is 0. The summed E-state index contributed by atoms with van der Waals surface area (Å²) in [6, 6.07) is 0.564. The summed E-state index contributed by atoms with van der Waals surface area (Å²) in [4.78, 5) is 4.57. The van der Waals surface area contributed by atoms with Gasteiger partial charge in [0.15, 0.2) is 5.17 Å². The summed E-state index contributed by atoms with van der Waals surface area (Å²) in [5.41, 5.74) is 0. The summed E-state index contributed by atoms with van der Waals surface area (Å²) in [5, 5.41) is 5.44. The molecule has 0 aliphatic carbocycles. The largest absolute Gasteiger partial charge is 0.362 e. The second kappa shape index (κ2) is 7.21. The zero-order valence-corrected chi connectivity index (χ0v) is 11.9. The van der Waals surface area contributed by atoms with Crippen molar-refractivity contribution < 1.29 is 0 Å². The van der Waals surface area contributed by atoms with E-state index in [9.17, 15) is 0 Å². The van der Waals surface area contributed by atoms with Gasteiger partial charge in [0.25, 0.3) is 0 Å². The number of thioether (sulfide) groups is 1. The van der Waals surface area contributed by atoms with E-state index in [2.05, 4.69) is 38.0 Å². The molecule has 3 heteroatoms. The minimum Gasteiger partial charge on any atom is -0.362 e. The lowest BCUT2D eigenvalue weighted by molar-refractivity contribution is 0.494. The Bertz CT molecular complexity index is 226. The predicted octanol–water partition coefficient (Wildman–Crippen LogP) is 3.67. The zero-order chi connectivity index (χ0) is 12.0. The van der Waals surface area contributed by atoms with Gasteiger partial charge in [-0.15, -0.1) is 0 Å². The fourth-order valence-corrected chi connectivity index (χ4v) is 3.07. The average molecular weight is 242 g/mol. The first kappa shape index (κ1) is 13.9. The van der Waals surface area contributed by atoms with Crippen molar-refractivity contribution in [1.82, 2.24) is 5.32 Å². The van der Waals surface area contributed by atoms with Gasteiger partial charge in [-0.1, -0.05) is 39.0 Å². The van der Waals surface area contributed by atoms with Crippen LogP contribution in [-0.4, -0.2) is 23.0 Å². The van der Waals surface area contributed by atoms with Crippen LogP contribution in [-0.2, 0) is 0 Å². The highest BCUT2D eigenvalue weighted by atomic mass is 32.2. The van der Waals surface area contributed by atoms with E-state index >= 15 is 0 Å². The van der Waals surface area contributed by atoms with Crippen LogP contribution in [0.3, 0.4) is 0 Å². The van der Waals surface area contributed by atoms with Crippen LogP contribution in [0.15, 0.2) is 4.99 Å². The van der Waals surface area contributed by atoms with E-state index < -0.39 is 0 Å². The molecule has 1 aliphatic heterocycles. The van der Waals surface area contributed by atoms with Gasteiger partial charge in [-0.25, -0.2) is 0 Å². The fourth-order valence-electron chi connectivity index (χ4n) is 1.84. The van der Waals surface area contributed by atoms with E-state index in [4.69, 9.17) is 0 Å². The number of hydrogen-bond acceptors (Lipinski definition) is 3. The van der Waals surface area contributed by atoms with E-state index in [0.717, 1.165) is 17.7 Å². The van der Waals surface area contributed by atoms with Gasteiger partial charge in [0.1, 0.15) is 0 Å². The Kier molecular flexibility index (Phi) is 6.25. The molecule has 0 radical (unpaired) electrons. The highest BCUT2D eigenvalue weighted by Crippen LogP contribution is 2.24. The molecule has 0 spiro atoms. The molecule has 0 aromatic carbocycles. The predicted molar refractivity (Wildman–Crippen MR) is 75.3 cm³/mol. The quantitative estimate of drug-likeness (QED) is 0.768. The van der Waals surface area contributed by atoms with Crippen molar-refractivity contribution in [2.75, 3.05) is 6.54 Å². The molecule has 2 unspecified atom stereocenters. The van der Waals surface area contributed by atoms with Crippen LogP contribution in [0.4, 0.5) is 0 Å². The van der Waals surface area contributed by atoms with Gasteiger partial charge in [-0.3, -0.25) is 4.99 Å². The first-order valence-corrected chi connectivity index (χ1v) is 7.47. The minimum absolute atomic E-state index is 0.564. The highest BCUT2D eigenvalue weighted by Gasteiger charge is 2.19. The Hall–Kier alpha value is -0.180. The molecule has 0 saturated carbocycles. The number of nitrogens with zero attached hydrogens (tertiary/aromatic N) is 1. The molecule has 94 valence electrons. The molecule has 1 N–H and O–H groups in total. The average Bonchev–Trinajstić information content (AvgIpc) is 2.63. The van der Waals surface area contributed by atoms with Crippen LogP contribution in [0.2, 0.25) is 0 Å². The molecule has 2 atom stereocenters. The maximum absolute atomic E-state index is 4.57. The molecule has 0 amide bonds. The van der Waals surface area contributed by atoms with Gasteiger partial charge in [-0.2, -0.15) is 0 Å². The number of nitrogens with one attached hydrogen (secondary N) is 1. The Balaban J connectivity index is 2.18. The van der Waals surface area contributed by atoms with Crippen molar-refractivity contribution in [2.45, 2.75) is 64.7 Å². The normalized spacial score (nSPS) is 22.3. The molecule has 1 rings (SSSR count). The molecular formula is C13H26N2S. The summed E-state index contributed by atoms with van der Waals surface area (Å²) in [6.45, 7) is 10.1. The molecule has 2 nitrogen and oxygen atoms in total. The smallest absolute Gasteiger partial charge is 0.157 e. The molecule has 0 aromatic heterocycles. The Morgan fingerprint density at radius 1 is 1.38 bits per heavy atom. The van der Waals surface area contributed by atoms with Crippen LogP contribution >= 0.6 is 11.8 Å². The summed E-state index contributed by atoms with van der Waals surface area (Å²) in [6.07, 6.45) is 5.10. The number of hydrogen-bond donors (Lipinski definition) is 1. The third-order valence-electron chi connectivity index (χ3n) is 2.87. The highest BCUT2D eigenvalue weighted by molar-refractivity contribution is 8.14. The standard InChI is InChI=1S/C13H26N2S/c1-5-6-12-9-14-13(16-12)15-11(4)8-7-10(2)3/h10-12H,5-9H2,1-4H3,(H,14,15).